The summed E-state index contributed by atoms with van der Waals surface area (Å²) in [5, 5.41) is 0. The van der Waals surface area contributed by atoms with Crippen LogP contribution >= 0.6 is 12.6 Å². The van der Waals surface area contributed by atoms with Crippen LogP contribution in [0.15, 0.2) is 42.5 Å². The Bertz CT molecular complexity index is 331. The summed E-state index contributed by atoms with van der Waals surface area (Å²) in [6.07, 6.45) is 6.28. The fourth-order valence-corrected chi connectivity index (χ4v) is 1.39. The molecule has 0 fully saturated rings. The first-order chi connectivity index (χ1) is 6.77. The van der Waals surface area contributed by atoms with E-state index in [4.69, 9.17) is 0 Å². The summed E-state index contributed by atoms with van der Waals surface area (Å²) in [6, 6.07) is 8.56. The average molecular weight is 204 g/mol. The summed E-state index contributed by atoms with van der Waals surface area (Å²) >= 11 is 4.15. The Morgan fingerprint density at radius 2 is 1.93 bits per heavy atom. The van der Waals surface area contributed by atoms with E-state index in [1.54, 1.807) is 0 Å². The van der Waals surface area contributed by atoms with Crippen LogP contribution in [-0.4, -0.2) is 5.75 Å². The molecule has 0 bridgehead atoms. The molecule has 1 aromatic rings. The van der Waals surface area contributed by atoms with Gasteiger partial charge in [0.15, 0.2) is 0 Å². The highest BCUT2D eigenvalue weighted by molar-refractivity contribution is 7.80. The summed E-state index contributed by atoms with van der Waals surface area (Å²) in [6.45, 7) is 4.15. The molecule has 0 aliphatic rings. The standard InChI is InChI=1S/C13H16S/c1-3-12(5-4-10-14)13-8-6-11(2)7-9-13/h3-9,14H,10H2,1-2H3/b5-4-,12-3+. The molecule has 1 heteroatoms. The van der Waals surface area contributed by atoms with Crippen LogP contribution in [0.5, 0.6) is 0 Å². The van der Waals surface area contributed by atoms with Crippen LogP contribution in [0.3, 0.4) is 0 Å². The van der Waals surface area contributed by atoms with Crippen molar-refractivity contribution in [2.75, 3.05) is 5.75 Å². The minimum atomic E-state index is 0.781. The molecule has 0 heterocycles. The fraction of sp³-hybridized carbons (Fsp3) is 0.231. The second-order valence-electron chi connectivity index (χ2n) is 3.19. The maximum atomic E-state index is 4.15. The third-order valence-electron chi connectivity index (χ3n) is 2.10. The molecule has 1 rings (SSSR count). The number of hydrogen-bond donors (Lipinski definition) is 1. The van der Waals surface area contributed by atoms with Gasteiger partial charge in [0.05, 0.1) is 0 Å². The van der Waals surface area contributed by atoms with Gasteiger partial charge in [0.2, 0.25) is 0 Å². The SMILES string of the molecule is C/C=C(\C=C/CS)c1ccc(C)cc1. The Labute approximate surface area is 91.8 Å². The Kier molecular flexibility index (Phi) is 4.54. The first kappa shape index (κ1) is 11.1. The molecule has 0 atom stereocenters. The van der Waals surface area contributed by atoms with Gasteiger partial charge in [-0.3, -0.25) is 0 Å². The van der Waals surface area contributed by atoms with Crippen molar-refractivity contribution in [2.24, 2.45) is 0 Å². The van der Waals surface area contributed by atoms with Gasteiger partial charge < -0.3 is 0 Å². The van der Waals surface area contributed by atoms with Crippen LogP contribution in [0.25, 0.3) is 5.57 Å². The molecule has 0 radical (unpaired) electrons. The van der Waals surface area contributed by atoms with Gasteiger partial charge in [0, 0.05) is 5.75 Å². The van der Waals surface area contributed by atoms with Gasteiger partial charge in [0.25, 0.3) is 0 Å². The number of benzene rings is 1. The van der Waals surface area contributed by atoms with Crippen molar-refractivity contribution < 1.29 is 0 Å². The number of aryl methyl sites for hydroxylation is 1. The number of rotatable bonds is 3. The summed E-state index contributed by atoms with van der Waals surface area (Å²) in [5.41, 5.74) is 3.80. The van der Waals surface area contributed by atoms with Gasteiger partial charge in [-0.25, -0.2) is 0 Å². The highest BCUT2D eigenvalue weighted by Crippen LogP contribution is 2.16. The molecule has 1 aromatic carbocycles. The monoisotopic (exact) mass is 204 g/mol. The van der Waals surface area contributed by atoms with Gasteiger partial charge in [-0.1, -0.05) is 48.1 Å². The minimum absolute atomic E-state index is 0.781. The zero-order valence-electron chi connectivity index (χ0n) is 8.70. The molecule has 0 amide bonds. The first-order valence-electron chi connectivity index (χ1n) is 4.78. The van der Waals surface area contributed by atoms with E-state index in [0.29, 0.717) is 0 Å². The zero-order valence-corrected chi connectivity index (χ0v) is 9.59. The summed E-state index contributed by atoms with van der Waals surface area (Å²) < 4.78 is 0. The molecule has 74 valence electrons. The van der Waals surface area contributed by atoms with Crippen LogP contribution in [0.2, 0.25) is 0 Å². The lowest BCUT2D eigenvalue weighted by Gasteiger charge is -2.02. The topological polar surface area (TPSA) is 0 Å². The Hall–Kier alpha value is -0.950. The number of allylic oxidation sites excluding steroid dienone is 3. The molecule has 0 aliphatic carbocycles. The van der Waals surface area contributed by atoms with Gasteiger partial charge in [0.1, 0.15) is 0 Å². The molecule has 0 saturated carbocycles. The zero-order chi connectivity index (χ0) is 10.4. The van der Waals surface area contributed by atoms with Crippen molar-refractivity contribution in [3.05, 3.63) is 53.6 Å². The molecule has 0 aromatic heterocycles. The smallest absolute Gasteiger partial charge is 0.00858 e. The number of hydrogen-bond acceptors (Lipinski definition) is 1. The van der Waals surface area contributed by atoms with Crippen molar-refractivity contribution in [1.82, 2.24) is 0 Å². The largest absolute Gasteiger partial charge is 0.175 e. The number of thiol groups is 1. The van der Waals surface area contributed by atoms with E-state index in [9.17, 15) is 0 Å². The first-order valence-corrected chi connectivity index (χ1v) is 5.42. The molecule has 0 nitrogen and oxygen atoms in total. The van der Waals surface area contributed by atoms with Gasteiger partial charge in [-0.2, -0.15) is 12.6 Å². The Morgan fingerprint density at radius 1 is 1.29 bits per heavy atom. The molecular weight excluding hydrogens is 188 g/mol. The van der Waals surface area contributed by atoms with Crippen LogP contribution in [0.1, 0.15) is 18.1 Å². The summed E-state index contributed by atoms with van der Waals surface area (Å²) in [5.74, 6) is 0.781. The maximum absolute atomic E-state index is 4.15. The van der Waals surface area contributed by atoms with Crippen molar-refractivity contribution in [1.29, 1.82) is 0 Å². The Morgan fingerprint density at radius 3 is 2.43 bits per heavy atom. The van der Waals surface area contributed by atoms with Gasteiger partial charge in [-0.05, 0) is 25.0 Å². The molecular formula is C13H16S. The lowest BCUT2D eigenvalue weighted by molar-refractivity contribution is 1.45. The highest BCUT2D eigenvalue weighted by Gasteiger charge is 1.94. The van der Waals surface area contributed by atoms with Crippen molar-refractivity contribution in [3.63, 3.8) is 0 Å². The van der Waals surface area contributed by atoms with E-state index in [2.05, 4.69) is 69.0 Å². The lowest BCUT2D eigenvalue weighted by atomic mass is 10.0. The third-order valence-corrected chi connectivity index (χ3v) is 2.31. The summed E-state index contributed by atoms with van der Waals surface area (Å²) in [4.78, 5) is 0. The fourth-order valence-electron chi connectivity index (χ4n) is 1.28. The predicted molar refractivity (Wildman–Crippen MR) is 67.8 cm³/mol. The van der Waals surface area contributed by atoms with Crippen LogP contribution in [-0.2, 0) is 0 Å². The van der Waals surface area contributed by atoms with E-state index in [1.165, 1.54) is 16.7 Å². The van der Waals surface area contributed by atoms with Gasteiger partial charge in [-0.15, -0.1) is 0 Å². The molecule has 14 heavy (non-hydrogen) atoms. The van der Waals surface area contributed by atoms with E-state index in [1.807, 2.05) is 0 Å². The molecule has 0 unspecified atom stereocenters. The van der Waals surface area contributed by atoms with Crippen LogP contribution in [0.4, 0.5) is 0 Å². The predicted octanol–water partition coefficient (Wildman–Crippen LogP) is 3.88. The van der Waals surface area contributed by atoms with Crippen molar-refractivity contribution >= 4 is 18.2 Å². The van der Waals surface area contributed by atoms with Crippen molar-refractivity contribution in [2.45, 2.75) is 13.8 Å². The average Bonchev–Trinajstić information content (AvgIpc) is 2.21. The third kappa shape index (κ3) is 3.08. The van der Waals surface area contributed by atoms with Crippen LogP contribution < -0.4 is 0 Å². The quantitative estimate of drug-likeness (QED) is 0.560. The van der Waals surface area contributed by atoms with E-state index < -0.39 is 0 Å². The second-order valence-corrected chi connectivity index (χ2v) is 3.56. The van der Waals surface area contributed by atoms with E-state index in [0.717, 1.165) is 5.75 Å². The summed E-state index contributed by atoms with van der Waals surface area (Å²) in [7, 11) is 0. The normalized spacial score (nSPS) is 12.4. The maximum Gasteiger partial charge on any atom is 0.00858 e. The van der Waals surface area contributed by atoms with Crippen molar-refractivity contribution in [3.8, 4) is 0 Å². The molecule has 0 aliphatic heterocycles. The molecule has 0 spiro atoms. The lowest BCUT2D eigenvalue weighted by Crippen LogP contribution is -1.81. The van der Waals surface area contributed by atoms with E-state index >= 15 is 0 Å². The highest BCUT2D eigenvalue weighted by atomic mass is 32.1. The molecule has 0 N–H and O–H groups in total. The Balaban J connectivity index is 2.91. The molecule has 0 saturated heterocycles. The minimum Gasteiger partial charge on any atom is -0.175 e. The van der Waals surface area contributed by atoms with Crippen LogP contribution in [0, 0.1) is 6.92 Å². The van der Waals surface area contributed by atoms with Gasteiger partial charge >= 0.3 is 0 Å². The van der Waals surface area contributed by atoms with E-state index in [-0.39, 0.29) is 0 Å². The second kappa shape index (κ2) is 5.71.